The molecule has 0 aliphatic heterocycles. The molecule has 0 saturated carbocycles. The van der Waals surface area contributed by atoms with Gasteiger partial charge >= 0.3 is 5.97 Å². The first-order valence-corrected chi connectivity index (χ1v) is 11.0. The van der Waals surface area contributed by atoms with Crippen molar-refractivity contribution in [2.75, 3.05) is 25.7 Å². The van der Waals surface area contributed by atoms with E-state index < -0.39 is 5.41 Å². The van der Waals surface area contributed by atoms with Crippen LogP contribution in [0.15, 0.2) is 42.5 Å². The molecule has 0 spiro atoms. The van der Waals surface area contributed by atoms with E-state index in [2.05, 4.69) is 44.2 Å². The van der Waals surface area contributed by atoms with Crippen molar-refractivity contribution in [1.82, 2.24) is 0 Å². The molecule has 0 fully saturated rings. The third-order valence-corrected chi connectivity index (χ3v) is 5.45. The standard InChI is InChI=1S/C24H33ClO3/c1-3-5-14-24(15-6-4-2,23(26)28-19-18-27-17-16-25)22-13-9-11-20-10-7-8-12-21(20)22/h7-13H,3-6,14-19H2,1-2H3. The van der Waals surface area contributed by atoms with E-state index in [4.69, 9.17) is 21.1 Å². The van der Waals surface area contributed by atoms with E-state index in [1.54, 1.807) is 0 Å². The van der Waals surface area contributed by atoms with Crippen LogP contribution in [0.4, 0.5) is 0 Å². The number of ether oxygens (including phenoxy) is 2. The summed E-state index contributed by atoms with van der Waals surface area (Å²) < 4.78 is 11.1. The monoisotopic (exact) mass is 404 g/mol. The molecule has 0 radical (unpaired) electrons. The average molecular weight is 405 g/mol. The lowest BCUT2D eigenvalue weighted by molar-refractivity contribution is -0.153. The molecule has 4 heteroatoms. The molecule has 2 aromatic carbocycles. The number of hydrogen-bond donors (Lipinski definition) is 0. The summed E-state index contributed by atoms with van der Waals surface area (Å²) in [5, 5.41) is 2.31. The molecular weight excluding hydrogens is 372 g/mol. The van der Waals surface area contributed by atoms with E-state index in [1.807, 2.05) is 12.1 Å². The Hall–Kier alpha value is -1.58. The fourth-order valence-electron chi connectivity index (χ4n) is 3.80. The summed E-state index contributed by atoms with van der Waals surface area (Å²) in [4.78, 5) is 13.4. The summed E-state index contributed by atoms with van der Waals surface area (Å²) in [6.07, 6.45) is 5.68. The second-order valence-corrected chi connectivity index (χ2v) is 7.63. The molecule has 0 atom stereocenters. The molecule has 28 heavy (non-hydrogen) atoms. The quantitative estimate of drug-likeness (QED) is 0.224. The van der Waals surface area contributed by atoms with Crippen LogP contribution in [0.2, 0.25) is 0 Å². The lowest BCUT2D eigenvalue weighted by Crippen LogP contribution is -2.38. The maximum absolute atomic E-state index is 13.4. The number of hydrogen-bond acceptors (Lipinski definition) is 3. The Bertz CT molecular complexity index is 715. The largest absolute Gasteiger partial charge is 0.463 e. The molecule has 0 amide bonds. The number of carbonyl (C=O) groups excluding carboxylic acids is 1. The van der Waals surface area contributed by atoms with Crippen LogP contribution < -0.4 is 0 Å². The highest BCUT2D eigenvalue weighted by molar-refractivity contribution is 6.17. The summed E-state index contributed by atoms with van der Waals surface area (Å²) in [6.45, 7) is 5.45. The molecule has 2 rings (SSSR count). The third-order valence-electron chi connectivity index (χ3n) is 5.29. The number of alkyl halides is 1. The van der Waals surface area contributed by atoms with Gasteiger partial charge in [0.05, 0.1) is 18.6 Å². The van der Waals surface area contributed by atoms with Gasteiger partial charge in [-0.1, -0.05) is 82.0 Å². The number of carbonyl (C=O) groups is 1. The van der Waals surface area contributed by atoms with Crippen molar-refractivity contribution in [1.29, 1.82) is 0 Å². The van der Waals surface area contributed by atoms with E-state index >= 15 is 0 Å². The van der Waals surface area contributed by atoms with E-state index in [0.29, 0.717) is 19.1 Å². The van der Waals surface area contributed by atoms with E-state index in [-0.39, 0.29) is 12.6 Å². The molecule has 3 nitrogen and oxygen atoms in total. The van der Waals surface area contributed by atoms with Crippen molar-refractivity contribution < 1.29 is 14.3 Å². The molecule has 0 N–H and O–H groups in total. The van der Waals surface area contributed by atoms with Crippen molar-refractivity contribution in [3.63, 3.8) is 0 Å². The normalized spacial score (nSPS) is 11.7. The molecule has 2 aromatic rings. The van der Waals surface area contributed by atoms with Crippen LogP contribution in [0.1, 0.15) is 57.9 Å². The molecule has 0 saturated heterocycles. The zero-order chi connectivity index (χ0) is 20.2. The van der Waals surface area contributed by atoms with Gasteiger partial charge in [0, 0.05) is 5.88 Å². The van der Waals surface area contributed by atoms with Gasteiger partial charge in [0.15, 0.2) is 0 Å². The van der Waals surface area contributed by atoms with E-state index in [9.17, 15) is 4.79 Å². The smallest absolute Gasteiger partial charge is 0.316 e. The summed E-state index contributed by atoms with van der Waals surface area (Å²) in [7, 11) is 0. The molecular formula is C24H33ClO3. The van der Waals surface area contributed by atoms with Crippen LogP contribution in [-0.4, -0.2) is 31.7 Å². The maximum atomic E-state index is 13.4. The fourth-order valence-corrected chi connectivity index (χ4v) is 3.91. The minimum absolute atomic E-state index is 0.125. The van der Waals surface area contributed by atoms with Crippen LogP contribution in [0, 0.1) is 0 Å². The van der Waals surface area contributed by atoms with Crippen molar-refractivity contribution in [2.24, 2.45) is 0 Å². The second kappa shape index (κ2) is 12.1. The molecule has 0 aromatic heterocycles. The number of unbranched alkanes of at least 4 members (excludes halogenated alkanes) is 2. The fraction of sp³-hybridized carbons (Fsp3) is 0.542. The van der Waals surface area contributed by atoms with Crippen LogP contribution in [0.5, 0.6) is 0 Å². The summed E-state index contributed by atoms with van der Waals surface area (Å²) in [5.41, 5.74) is 0.485. The highest BCUT2D eigenvalue weighted by atomic mass is 35.5. The number of rotatable bonds is 13. The van der Waals surface area contributed by atoms with Gasteiger partial charge in [0.2, 0.25) is 0 Å². The Morgan fingerprint density at radius 1 is 0.929 bits per heavy atom. The number of halogens is 1. The molecule has 0 heterocycles. The van der Waals surface area contributed by atoms with Crippen LogP contribution >= 0.6 is 11.6 Å². The highest BCUT2D eigenvalue weighted by Gasteiger charge is 2.41. The number of benzene rings is 2. The zero-order valence-corrected chi connectivity index (χ0v) is 18.0. The lowest BCUT2D eigenvalue weighted by Gasteiger charge is -2.33. The summed E-state index contributed by atoms with van der Waals surface area (Å²) in [5.74, 6) is 0.321. The predicted molar refractivity (Wildman–Crippen MR) is 117 cm³/mol. The van der Waals surface area contributed by atoms with Crippen LogP contribution in [-0.2, 0) is 19.7 Å². The second-order valence-electron chi connectivity index (χ2n) is 7.25. The van der Waals surface area contributed by atoms with Crippen molar-refractivity contribution in [2.45, 2.75) is 57.8 Å². The van der Waals surface area contributed by atoms with Gasteiger partial charge in [0.25, 0.3) is 0 Å². The summed E-state index contributed by atoms with van der Waals surface area (Å²) >= 11 is 5.63. The molecule has 154 valence electrons. The first-order chi connectivity index (χ1) is 13.7. The van der Waals surface area contributed by atoms with Gasteiger partial charge in [-0.25, -0.2) is 0 Å². The summed E-state index contributed by atoms with van der Waals surface area (Å²) in [6, 6.07) is 14.6. The minimum Gasteiger partial charge on any atom is -0.463 e. The molecule has 0 aliphatic carbocycles. The van der Waals surface area contributed by atoms with Gasteiger partial charge in [-0.15, -0.1) is 11.6 Å². The van der Waals surface area contributed by atoms with Gasteiger partial charge in [0.1, 0.15) is 6.61 Å². The van der Waals surface area contributed by atoms with Crippen LogP contribution in [0.25, 0.3) is 10.8 Å². The topological polar surface area (TPSA) is 35.5 Å². The Morgan fingerprint density at radius 2 is 1.61 bits per heavy atom. The number of esters is 1. The predicted octanol–water partition coefficient (Wildman–Crippen LogP) is 6.26. The van der Waals surface area contributed by atoms with Gasteiger partial charge in [-0.05, 0) is 29.2 Å². The SMILES string of the molecule is CCCCC(CCCC)(C(=O)OCCOCCCl)c1cccc2ccccc12. The van der Waals surface area contributed by atoms with Crippen LogP contribution in [0.3, 0.4) is 0 Å². The minimum atomic E-state index is -0.612. The maximum Gasteiger partial charge on any atom is 0.316 e. The first-order valence-electron chi connectivity index (χ1n) is 10.5. The lowest BCUT2D eigenvalue weighted by atomic mass is 9.71. The molecule has 0 bridgehead atoms. The number of fused-ring (bicyclic) bond motifs is 1. The first kappa shape index (κ1) is 22.7. The Kier molecular flexibility index (Phi) is 9.80. The average Bonchev–Trinajstić information content (AvgIpc) is 2.73. The highest BCUT2D eigenvalue weighted by Crippen LogP contribution is 2.40. The molecule has 0 unspecified atom stereocenters. The van der Waals surface area contributed by atoms with Gasteiger partial charge in [-0.3, -0.25) is 4.79 Å². The van der Waals surface area contributed by atoms with Gasteiger partial charge in [-0.2, -0.15) is 0 Å². The van der Waals surface area contributed by atoms with Crippen molar-refractivity contribution in [3.8, 4) is 0 Å². The molecule has 0 aliphatic rings. The third kappa shape index (κ3) is 5.71. The van der Waals surface area contributed by atoms with Crippen molar-refractivity contribution >= 4 is 28.3 Å². The Labute approximate surface area is 174 Å². The Balaban J connectivity index is 2.39. The van der Waals surface area contributed by atoms with E-state index in [0.717, 1.165) is 54.9 Å². The zero-order valence-electron chi connectivity index (χ0n) is 17.2. The van der Waals surface area contributed by atoms with Gasteiger partial charge < -0.3 is 9.47 Å². The Morgan fingerprint density at radius 3 is 2.29 bits per heavy atom. The van der Waals surface area contributed by atoms with E-state index in [1.165, 1.54) is 0 Å². The van der Waals surface area contributed by atoms with Crippen molar-refractivity contribution in [3.05, 3.63) is 48.0 Å².